The summed E-state index contributed by atoms with van der Waals surface area (Å²) in [6.45, 7) is 2.71. The van der Waals surface area contributed by atoms with Crippen LogP contribution in [0.5, 0.6) is 11.5 Å². The molecule has 4 aromatic rings. The second kappa shape index (κ2) is 10.2. The Morgan fingerprint density at radius 2 is 1.32 bits per heavy atom. The Morgan fingerprint density at radius 1 is 0.737 bits per heavy atom. The molecule has 190 valence electrons. The molecule has 0 unspecified atom stereocenters. The highest BCUT2D eigenvalue weighted by Gasteiger charge is 2.36. The summed E-state index contributed by atoms with van der Waals surface area (Å²) in [6.07, 6.45) is 0. The number of nitrogens with one attached hydrogen (secondary N) is 1. The van der Waals surface area contributed by atoms with Crippen molar-refractivity contribution >= 4 is 34.8 Å². The molecule has 1 saturated heterocycles. The predicted molar refractivity (Wildman–Crippen MR) is 149 cm³/mol. The maximum atomic E-state index is 13.8. The van der Waals surface area contributed by atoms with Gasteiger partial charge in [-0.1, -0.05) is 60.1 Å². The van der Waals surface area contributed by atoms with Crippen LogP contribution in [0.4, 0.5) is 11.4 Å². The second-order valence-electron chi connectivity index (χ2n) is 9.40. The molecule has 38 heavy (non-hydrogen) atoms. The number of halogens is 1. The number of nitrogens with zero attached hydrogens (tertiary/aromatic N) is 2. The second-order valence-corrected chi connectivity index (χ2v) is 9.81. The van der Waals surface area contributed by atoms with E-state index in [1.807, 2.05) is 77.7 Å². The number of fused-ring (bicyclic) bond motifs is 2. The zero-order valence-electron chi connectivity index (χ0n) is 20.6. The van der Waals surface area contributed by atoms with Gasteiger partial charge in [-0.3, -0.25) is 9.59 Å². The van der Waals surface area contributed by atoms with E-state index in [1.165, 1.54) is 0 Å². The molecule has 0 radical (unpaired) electrons. The van der Waals surface area contributed by atoms with Crippen LogP contribution in [0.3, 0.4) is 0 Å². The van der Waals surface area contributed by atoms with E-state index in [0.29, 0.717) is 29.4 Å². The van der Waals surface area contributed by atoms with E-state index >= 15 is 0 Å². The van der Waals surface area contributed by atoms with Gasteiger partial charge >= 0.3 is 0 Å². The lowest BCUT2D eigenvalue weighted by atomic mass is 9.86. The molecule has 1 fully saturated rings. The molecular weight excluding hydrogens is 498 g/mol. The first-order valence-corrected chi connectivity index (χ1v) is 13.0. The van der Waals surface area contributed by atoms with Crippen molar-refractivity contribution in [1.29, 1.82) is 0 Å². The minimum atomic E-state index is -0.372. The van der Waals surface area contributed by atoms with Gasteiger partial charge in [0.05, 0.1) is 16.5 Å². The first-order valence-electron chi connectivity index (χ1n) is 12.6. The van der Waals surface area contributed by atoms with E-state index in [9.17, 15) is 9.59 Å². The Bertz CT molecular complexity index is 1450. The van der Waals surface area contributed by atoms with Crippen LogP contribution < -0.4 is 15.0 Å². The van der Waals surface area contributed by atoms with Gasteiger partial charge < -0.3 is 19.9 Å². The summed E-state index contributed by atoms with van der Waals surface area (Å²) in [4.78, 5) is 30.6. The number of carbonyl (C=O) groups is 2. The van der Waals surface area contributed by atoms with E-state index < -0.39 is 0 Å². The number of para-hydroxylation sites is 2. The molecule has 0 spiro atoms. The van der Waals surface area contributed by atoms with E-state index in [2.05, 4.69) is 10.2 Å². The molecule has 2 aliphatic rings. The molecule has 4 aromatic carbocycles. The first-order chi connectivity index (χ1) is 18.6. The summed E-state index contributed by atoms with van der Waals surface area (Å²) in [5, 5.41) is 3.32. The van der Waals surface area contributed by atoms with Gasteiger partial charge in [-0.15, -0.1) is 0 Å². The Morgan fingerprint density at radius 3 is 1.95 bits per heavy atom. The Kier molecular flexibility index (Phi) is 6.48. The molecule has 2 heterocycles. The largest absolute Gasteiger partial charge is 0.457 e. The monoisotopic (exact) mass is 523 g/mol. The molecule has 0 saturated carbocycles. The lowest BCUT2D eigenvalue weighted by Crippen LogP contribution is -2.50. The molecule has 2 amide bonds. The summed E-state index contributed by atoms with van der Waals surface area (Å²) in [6, 6.07) is 30.3. The third-order valence-electron chi connectivity index (χ3n) is 7.13. The van der Waals surface area contributed by atoms with Crippen molar-refractivity contribution in [2.45, 2.75) is 5.92 Å². The third kappa shape index (κ3) is 4.59. The van der Waals surface area contributed by atoms with Crippen molar-refractivity contribution in [3.05, 3.63) is 119 Å². The zero-order valence-corrected chi connectivity index (χ0v) is 21.4. The van der Waals surface area contributed by atoms with Gasteiger partial charge in [0.15, 0.2) is 0 Å². The fourth-order valence-electron chi connectivity index (χ4n) is 5.14. The van der Waals surface area contributed by atoms with Crippen LogP contribution >= 0.6 is 11.6 Å². The van der Waals surface area contributed by atoms with E-state index in [-0.39, 0.29) is 17.7 Å². The van der Waals surface area contributed by atoms with Gasteiger partial charge in [0, 0.05) is 48.7 Å². The molecule has 6 rings (SSSR count). The van der Waals surface area contributed by atoms with Crippen molar-refractivity contribution in [2.75, 3.05) is 36.4 Å². The van der Waals surface area contributed by atoms with Crippen LogP contribution in [0.15, 0.2) is 97.1 Å². The molecule has 6 nitrogen and oxygen atoms in total. The highest BCUT2D eigenvalue weighted by Crippen LogP contribution is 2.44. The fraction of sp³-hybridized carbons (Fsp3) is 0.161. The standard InChI is InChI=1S/C31H26ClN3O3/c32-26-10-4-1-7-23(26)30(36)33-21-13-15-22(16-14-21)34-17-19-35(20-18-34)31(37)29-24-8-2-5-11-27(24)38-28-12-6-3-9-25(28)29/h1-16,29H,17-20H2,(H,33,36). The fourth-order valence-corrected chi connectivity index (χ4v) is 5.36. The number of hydrogen-bond acceptors (Lipinski definition) is 4. The van der Waals surface area contributed by atoms with E-state index in [1.54, 1.807) is 24.3 Å². The number of amides is 2. The maximum Gasteiger partial charge on any atom is 0.257 e. The van der Waals surface area contributed by atoms with Gasteiger partial charge in [-0.2, -0.15) is 0 Å². The molecule has 0 aromatic heterocycles. The molecule has 1 N–H and O–H groups in total. The lowest BCUT2D eigenvalue weighted by Gasteiger charge is -2.38. The first kappa shape index (κ1) is 24.1. The molecule has 0 aliphatic carbocycles. The van der Waals surface area contributed by atoms with E-state index in [0.717, 1.165) is 41.4 Å². The number of carbonyl (C=O) groups excluding carboxylic acids is 2. The van der Waals surface area contributed by atoms with Gasteiger partial charge in [0.25, 0.3) is 5.91 Å². The summed E-state index contributed by atoms with van der Waals surface area (Å²) < 4.78 is 6.07. The zero-order chi connectivity index (χ0) is 26.1. The number of benzene rings is 4. The highest BCUT2D eigenvalue weighted by molar-refractivity contribution is 6.34. The van der Waals surface area contributed by atoms with Gasteiger partial charge in [0.1, 0.15) is 11.5 Å². The summed E-state index contributed by atoms with van der Waals surface area (Å²) >= 11 is 6.14. The maximum absolute atomic E-state index is 13.8. The smallest absolute Gasteiger partial charge is 0.257 e. The van der Waals surface area contributed by atoms with Crippen LogP contribution in [0.2, 0.25) is 5.02 Å². The summed E-state index contributed by atoms with van der Waals surface area (Å²) in [5.41, 5.74) is 4.01. The Balaban J connectivity index is 1.12. The SMILES string of the molecule is O=C(Nc1ccc(N2CCN(C(=O)C3c4ccccc4Oc4ccccc43)CC2)cc1)c1ccccc1Cl. The lowest BCUT2D eigenvalue weighted by molar-refractivity contribution is -0.132. The molecule has 2 aliphatic heterocycles. The Hall–Kier alpha value is -4.29. The van der Waals surface area contributed by atoms with Crippen molar-refractivity contribution in [3.63, 3.8) is 0 Å². The predicted octanol–water partition coefficient (Wildman–Crippen LogP) is 6.18. The van der Waals surface area contributed by atoms with Gasteiger partial charge in [-0.05, 0) is 48.5 Å². The Labute approximate surface area is 226 Å². The minimum absolute atomic E-state index is 0.102. The normalized spacial score (nSPS) is 14.8. The average molecular weight is 524 g/mol. The number of anilines is 2. The van der Waals surface area contributed by atoms with Crippen molar-refractivity contribution in [3.8, 4) is 11.5 Å². The molecule has 0 atom stereocenters. The number of hydrogen-bond donors (Lipinski definition) is 1. The highest BCUT2D eigenvalue weighted by atomic mass is 35.5. The third-order valence-corrected chi connectivity index (χ3v) is 7.46. The average Bonchev–Trinajstić information content (AvgIpc) is 2.96. The molecule has 7 heteroatoms. The van der Waals surface area contributed by atoms with Crippen molar-refractivity contribution in [1.82, 2.24) is 4.90 Å². The summed E-state index contributed by atoms with van der Waals surface area (Å²) in [7, 11) is 0. The number of piperazine rings is 1. The minimum Gasteiger partial charge on any atom is -0.457 e. The summed E-state index contributed by atoms with van der Waals surface area (Å²) in [5.74, 6) is 0.968. The number of rotatable bonds is 4. The van der Waals surface area contributed by atoms with Gasteiger partial charge in [0.2, 0.25) is 5.91 Å². The van der Waals surface area contributed by atoms with E-state index in [4.69, 9.17) is 16.3 Å². The molecule has 0 bridgehead atoms. The van der Waals surface area contributed by atoms with Crippen molar-refractivity contribution < 1.29 is 14.3 Å². The number of ether oxygens (including phenoxy) is 1. The topological polar surface area (TPSA) is 61.9 Å². The van der Waals surface area contributed by atoms with Crippen LogP contribution in [0, 0.1) is 0 Å². The quantitative estimate of drug-likeness (QED) is 0.347. The van der Waals surface area contributed by atoms with Crippen LogP contribution in [-0.2, 0) is 4.79 Å². The van der Waals surface area contributed by atoms with Crippen LogP contribution in [0.25, 0.3) is 0 Å². The van der Waals surface area contributed by atoms with Crippen molar-refractivity contribution in [2.24, 2.45) is 0 Å². The van der Waals surface area contributed by atoms with Crippen LogP contribution in [-0.4, -0.2) is 42.9 Å². The molecular formula is C31H26ClN3O3. The van der Waals surface area contributed by atoms with Crippen LogP contribution in [0.1, 0.15) is 27.4 Å². The van der Waals surface area contributed by atoms with Gasteiger partial charge in [-0.25, -0.2) is 0 Å².